The molecule has 0 N–H and O–H groups in total. The highest BCUT2D eigenvalue weighted by atomic mass is 15.2. The molecule has 8 nitrogen and oxygen atoms in total. The lowest BCUT2D eigenvalue weighted by Gasteiger charge is -2.11. The van der Waals surface area contributed by atoms with Crippen molar-refractivity contribution < 1.29 is 0 Å². The molecule has 0 aromatic carbocycles. The van der Waals surface area contributed by atoms with Gasteiger partial charge in [-0.25, -0.2) is 19.9 Å². The van der Waals surface area contributed by atoms with Crippen molar-refractivity contribution in [3.05, 3.63) is 45.3 Å². The lowest BCUT2D eigenvalue weighted by atomic mass is 10.1. The van der Waals surface area contributed by atoms with Gasteiger partial charge >= 0.3 is 0 Å². The van der Waals surface area contributed by atoms with Crippen LogP contribution in [0.15, 0.2) is 0 Å². The Labute approximate surface area is 156 Å². The van der Waals surface area contributed by atoms with Crippen molar-refractivity contribution in [2.75, 3.05) is 0 Å². The van der Waals surface area contributed by atoms with Gasteiger partial charge < -0.3 is 0 Å². The van der Waals surface area contributed by atoms with Crippen LogP contribution in [0, 0.1) is 41.5 Å². The van der Waals surface area contributed by atoms with Crippen LogP contribution in [0.3, 0.4) is 0 Å². The van der Waals surface area contributed by atoms with Gasteiger partial charge in [0.1, 0.15) is 11.0 Å². The van der Waals surface area contributed by atoms with Crippen LogP contribution in [0.25, 0.3) is 22.3 Å². The third kappa shape index (κ3) is 2.87. The van der Waals surface area contributed by atoms with Crippen LogP contribution in [0.1, 0.15) is 45.3 Å². The predicted octanol–water partition coefficient (Wildman–Crippen LogP) is 2.59. The summed E-state index contributed by atoms with van der Waals surface area (Å²) in [6.07, 6.45) is 0.547. The highest BCUT2D eigenvalue weighted by Crippen LogP contribution is 2.21. The van der Waals surface area contributed by atoms with E-state index < -0.39 is 0 Å². The van der Waals surface area contributed by atoms with Crippen molar-refractivity contribution in [3.63, 3.8) is 0 Å². The molecule has 8 heteroatoms. The normalized spacial score (nSPS) is 11.5. The zero-order valence-electron chi connectivity index (χ0n) is 16.3. The van der Waals surface area contributed by atoms with Gasteiger partial charge in [-0.3, -0.25) is 0 Å². The molecular formula is C19H20N8. The van der Waals surface area contributed by atoms with Gasteiger partial charge in [0, 0.05) is 17.5 Å². The molecule has 0 unspecified atom stereocenters. The number of aromatic nitrogens is 8. The molecule has 0 spiro atoms. The number of hydrogen-bond donors (Lipinski definition) is 0. The summed E-state index contributed by atoms with van der Waals surface area (Å²) in [6, 6.07) is 0. The Balaban J connectivity index is 1.86. The molecule has 0 radical (unpaired) electrons. The van der Waals surface area contributed by atoms with Crippen LogP contribution < -0.4 is 0 Å². The first-order valence-corrected chi connectivity index (χ1v) is 8.79. The number of aryl methyl sites for hydroxylation is 6. The Hall–Kier alpha value is -3.16. The Bertz CT molecular complexity index is 1120. The molecular weight excluding hydrogens is 340 g/mol. The van der Waals surface area contributed by atoms with Crippen molar-refractivity contribution in [1.82, 2.24) is 40.3 Å². The summed E-state index contributed by atoms with van der Waals surface area (Å²) >= 11 is 0. The third-order valence-corrected chi connectivity index (χ3v) is 5.02. The van der Waals surface area contributed by atoms with Crippen molar-refractivity contribution in [2.24, 2.45) is 0 Å². The molecule has 4 aromatic heterocycles. The zero-order chi connectivity index (χ0) is 19.3. The molecule has 0 atom stereocenters. The van der Waals surface area contributed by atoms with E-state index in [0.29, 0.717) is 17.7 Å². The minimum Gasteiger partial charge on any atom is -0.247 e. The van der Waals surface area contributed by atoms with Crippen LogP contribution in [0.5, 0.6) is 0 Å². The van der Waals surface area contributed by atoms with Crippen LogP contribution >= 0.6 is 0 Å². The average Bonchev–Trinajstić information content (AvgIpc) is 2.64. The standard InChI is InChI=1S/C19H20N8/c1-8-10(3)24-26-18-16(8)22-14(12(5)20-18)7-15-13(6)21-19-17(23-15)9(2)11(4)25-27-19/h7H2,1-6H3. The van der Waals surface area contributed by atoms with E-state index in [4.69, 9.17) is 9.97 Å². The average molecular weight is 360 g/mol. The molecule has 4 heterocycles. The topological polar surface area (TPSA) is 103 Å². The molecule has 0 aliphatic rings. The fourth-order valence-corrected chi connectivity index (χ4v) is 2.96. The fraction of sp³-hybridized carbons (Fsp3) is 0.368. The molecule has 4 aromatic rings. The van der Waals surface area contributed by atoms with Crippen LogP contribution in [-0.2, 0) is 6.42 Å². The molecule has 0 amide bonds. The van der Waals surface area contributed by atoms with E-state index in [9.17, 15) is 0 Å². The van der Waals surface area contributed by atoms with Crippen molar-refractivity contribution in [3.8, 4) is 0 Å². The minimum atomic E-state index is 0.547. The van der Waals surface area contributed by atoms with E-state index in [1.807, 2.05) is 41.5 Å². The lowest BCUT2D eigenvalue weighted by molar-refractivity contribution is 0.908. The fourth-order valence-electron chi connectivity index (χ4n) is 2.96. The summed E-state index contributed by atoms with van der Waals surface area (Å²) in [5.41, 5.74) is 9.80. The number of nitrogens with zero attached hydrogens (tertiary/aromatic N) is 8. The second-order valence-electron chi connectivity index (χ2n) is 6.85. The van der Waals surface area contributed by atoms with Gasteiger partial charge in [-0.2, -0.15) is 10.2 Å². The molecule has 136 valence electrons. The molecule has 0 aliphatic heterocycles. The van der Waals surface area contributed by atoms with Crippen molar-refractivity contribution >= 4 is 22.3 Å². The summed E-state index contributed by atoms with van der Waals surface area (Å²) < 4.78 is 0. The molecule has 0 saturated carbocycles. The first-order valence-electron chi connectivity index (χ1n) is 8.79. The van der Waals surface area contributed by atoms with Gasteiger partial charge in [-0.15, -0.1) is 10.2 Å². The molecule has 0 aliphatic carbocycles. The Morgan fingerprint density at radius 2 is 0.889 bits per heavy atom. The monoisotopic (exact) mass is 360 g/mol. The largest absolute Gasteiger partial charge is 0.247 e. The summed E-state index contributed by atoms with van der Waals surface area (Å²) in [5.74, 6) is 0. The SMILES string of the molecule is Cc1nc2nnc(C)c(C)c2nc1Cc1nc2c(C)c(C)nnc2nc1C. The minimum absolute atomic E-state index is 0.547. The number of rotatable bonds is 2. The molecule has 27 heavy (non-hydrogen) atoms. The van der Waals surface area contributed by atoms with Gasteiger partial charge in [0.15, 0.2) is 0 Å². The first-order chi connectivity index (χ1) is 12.8. The van der Waals surface area contributed by atoms with Crippen LogP contribution in [-0.4, -0.2) is 40.3 Å². The second kappa shape index (κ2) is 6.22. The maximum atomic E-state index is 4.83. The van der Waals surface area contributed by atoms with Gasteiger partial charge in [0.05, 0.1) is 34.2 Å². The highest BCUT2D eigenvalue weighted by Gasteiger charge is 2.15. The summed E-state index contributed by atoms with van der Waals surface area (Å²) in [4.78, 5) is 18.8. The predicted molar refractivity (Wildman–Crippen MR) is 101 cm³/mol. The smallest absolute Gasteiger partial charge is 0.200 e. The van der Waals surface area contributed by atoms with E-state index >= 15 is 0 Å². The zero-order valence-corrected chi connectivity index (χ0v) is 16.3. The lowest BCUT2D eigenvalue weighted by Crippen LogP contribution is -2.08. The molecule has 0 fully saturated rings. The third-order valence-electron chi connectivity index (χ3n) is 5.02. The molecule has 4 rings (SSSR count). The molecule has 0 saturated heterocycles. The molecule has 0 bridgehead atoms. The number of hydrogen-bond acceptors (Lipinski definition) is 8. The quantitative estimate of drug-likeness (QED) is 0.537. The maximum Gasteiger partial charge on any atom is 0.200 e. The Morgan fingerprint density at radius 3 is 1.30 bits per heavy atom. The van der Waals surface area contributed by atoms with Gasteiger partial charge in [0.25, 0.3) is 0 Å². The van der Waals surface area contributed by atoms with Gasteiger partial charge in [-0.1, -0.05) is 0 Å². The van der Waals surface area contributed by atoms with Crippen LogP contribution in [0.4, 0.5) is 0 Å². The van der Waals surface area contributed by atoms with E-state index in [1.54, 1.807) is 0 Å². The van der Waals surface area contributed by atoms with Gasteiger partial charge in [0.2, 0.25) is 11.3 Å². The van der Waals surface area contributed by atoms with Crippen LogP contribution in [0.2, 0.25) is 0 Å². The van der Waals surface area contributed by atoms with E-state index in [0.717, 1.165) is 56.3 Å². The Kier molecular flexibility index (Phi) is 3.98. The second-order valence-corrected chi connectivity index (χ2v) is 6.85. The Morgan fingerprint density at radius 1 is 0.481 bits per heavy atom. The highest BCUT2D eigenvalue weighted by molar-refractivity contribution is 5.75. The number of fused-ring (bicyclic) bond motifs is 2. The summed E-state index contributed by atoms with van der Waals surface area (Å²) in [5, 5.41) is 16.6. The van der Waals surface area contributed by atoms with Crippen molar-refractivity contribution in [2.45, 2.75) is 48.0 Å². The maximum absolute atomic E-state index is 4.83. The van der Waals surface area contributed by atoms with E-state index in [1.165, 1.54) is 0 Å². The van der Waals surface area contributed by atoms with E-state index in [-0.39, 0.29) is 0 Å². The summed E-state index contributed by atoms with van der Waals surface area (Å²) in [6.45, 7) is 11.7. The first kappa shape index (κ1) is 17.3. The van der Waals surface area contributed by atoms with Gasteiger partial charge in [-0.05, 0) is 41.5 Å². The summed E-state index contributed by atoms with van der Waals surface area (Å²) in [7, 11) is 0. The van der Waals surface area contributed by atoms with E-state index in [2.05, 4.69) is 30.4 Å². The van der Waals surface area contributed by atoms with Crippen molar-refractivity contribution in [1.29, 1.82) is 0 Å².